The Balaban J connectivity index is 1.43. The number of anilines is 1. The van der Waals surface area contributed by atoms with Crippen molar-refractivity contribution in [3.8, 4) is 5.75 Å². The van der Waals surface area contributed by atoms with Crippen molar-refractivity contribution in [2.75, 3.05) is 18.1 Å². The van der Waals surface area contributed by atoms with Crippen molar-refractivity contribution in [3.05, 3.63) is 27.6 Å². The Hall–Kier alpha value is -1.64. The van der Waals surface area contributed by atoms with E-state index in [1.165, 1.54) is 23.7 Å². The number of nitrogens with one attached hydrogen (secondary N) is 1. The molecule has 0 amide bonds. The van der Waals surface area contributed by atoms with Gasteiger partial charge in [0.1, 0.15) is 12.1 Å². The topological polar surface area (TPSA) is 125 Å². The molecule has 3 heterocycles. The molecule has 5 rings (SSSR count). The number of benzene rings is 1. The molecule has 9 nitrogen and oxygen atoms in total. The zero-order valence-electron chi connectivity index (χ0n) is 16.5. The molecule has 2 aliphatic rings. The third-order valence-corrected chi connectivity index (χ3v) is 9.02. The highest BCUT2D eigenvalue weighted by atomic mass is 127. The Labute approximate surface area is 197 Å². The number of nitrogen functional groups attached to an aromatic ring is 1. The first-order valence-electron chi connectivity index (χ1n) is 9.99. The largest absolute Gasteiger partial charge is 0.493 e. The molecule has 0 spiro atoms. The number of hydrogen-bond acceptors (Lipinski definition) is 8. The molecule has 0 radical (unpaired) electrons. The summed E-state index contributed by atoms with van der Waals surface area (Å²) in [6.07, 6.45) is 4.61. The summed E-state index contributed by atoms with van der Waals surface area (Å²) in [5.74, 6) is 1.26. The molecule has 1 fully saturated rings. The maximum atomic E-state index is 12.3. The minimum absolute atomic E-state index is 0.0536. The lowest BCUT2D eigenvalue weighted by Crippen LogP contribution is -2.28. The lowest BCUT2D eigenvalue weighted by Gasteiger charge is -2.11. The third kappa shape index (κ3) is 4.61. The fourth-order valence-corrected chi connectivity index (χ4v) is 6.67. The van der Waals surface area contributed by atoms with Crippen LogP contribution in [0.25, 0.3) is 11.2 Å². The van der Waals surface area contributed by atoms with Gasteiger partial charge in [-0.2, -0.15) is 0 Å². The molecular formula is C19H21IN6O3S2. The Morgan fingerprint density at radius 1 is 1.32 bits per heavy atom. The van der Waals surface area contributed by atoms with E-state index in [0.717, 1.165) is 33.5 Å². The van der Waals surface area contributed by atoms with E-state index < -0.39 is 10.0 Å². The Morgan fingerprint density at radius 3 is 2.97 bits per heavy atom. The van der Waals surface area contributed by atoms with Crippen LogP contribution < -0.4 is 15.2 Å². The number of aryl methyl sites for hydroxylation is 1. The minimum Gasteiger partial charge on any atom is -0.493 e. The summed E-state index contributed by atoms with van der Waals surface area (Å²) in [5.41, 5.74) is 8.38. The summed E-state index contributed by atoms with van der Waals surface area (Å²) in [5, 5.41) is 0.700. The molecule has 1 saturated carbocycles. The fourth-order valence-electron chi connectivity index (χ4n) is 3.49. The van der Waals surface area contributed by atoms with Gasteiger partial charge in [-0.25, -0.2) is 28.1 Å². The molecule has 3 N–H and O–H groups in total. The van der Waals surface area contributed by atoms with Crippen LogP contribution in [0, 0.1) is 3.57 Å². The standard InChI is InChI=1S/C19H21IN6O3S2/c20-13-8-11-4-6-29-14(11)9-15(13)30-19-24-16-17(21)22-10-23-18(16)26(19)5-1-7-31(27,28)25-12-2-3-12/h8-10,12,25H,1-7H2,(H2,21,22,23). The van der Waals surface area contributed by atoms with Crippen molar-refractivity contribution in [2.24, 2.45) is 0 Å². The summed E-state index contributed by atoms with van der Waals surface area (Å²) < 4.78 is 36.0. The highest BCUT2D eigenvalue weighted by molar-refractivity contribution is 14.1. The summed E-state index contributed by atoms with van der Waals surface area (Å²) in [6.45, 7) is 1.16. The molecule has 0 atom stereocenters. The van der Waals surface area contributed by atoms with Crippen LogP contribution in [0.5, 0.6) is 5.75 Å². The maximum Gasteiger partial charge on any atom is 0.211 e. The van der Waals surface area contributed by atoms with Gasteiger partial charge >= 0.3 is 0 Å². The number of fused-ring (bicyclic) bond motifs is 2. The van der Waals surface area contributed by atoms with Crippen LogP contribution in [0.4, 0.5) is 5.82 Å². The summed E-state index contributed by atoms with van der Waals surface area (Å²) in [7, 11) is -3.28. The molecule has 0 saturated heterocycles. The second-order valence-electron chi connectivity index (χ2n) is 7.63. The van der Waals surface area contributed by atoms with Crippen molar-refractivity contribution in [1.82, 2.24) is 24.2 Å². The van der Waals surface area contributed by atoms with E-state index in [4.69, 9.17) is 10.5 Å². The number of ether oxygens (including phenoxy) is 1. The predicted octanol–water partition coefficient (Wildman–Crippen LogP) is 2.57. The minimum atomic E-state index is -3.28. The van der Waals surface area contributed by atoms with Gasteiger partial charge < -0.3 is 15.0 Å². The molecule has 1 aliphatic carbocycles. The zero-order valence-corrected chi connectivity index (χ0v) is 20.3. The van der Waals surface area contributed by atoms with Crippen molar-refractivity contribution < 1.29 is 13.2 Å². The van der Waals surface area contributed by atoms with Gasteiger partial charge in [0.25, 0.3) is 0 Å². The maximum absolute atomic E-state index is 12.3. The number of aromatic nitrogens is 4. The van der Waals surface area contributed by atoms with Crippen molar-refractivity contribution in [3.63, 3.8) is 0 Å². The van der Waals surface area contributed by atoms with Crippen LogP contribution in [-0.2, 0) is 23.0 Å². The van der Waals surface area contributed by atoms with Gasteiger partial charge in [-0.15, -0.1) is 0 Å². The molecule has 31 heavy (non-hydrogen) atoms. The van der Waals surface area contributed by atoms with Crippen LogP contribution in [0.15, 0.2) is 28.5 Å². The smallest absolute Gasteiger partial charge is 0.211 e. The van der Waals surface area contributed by atoms with E-state index in [-0.39, 0.29) is 11.8 Å². The van der Waals surface area contributed by atoms with E-state index in [9.17, 15) is 8.42 Å². The second kappa shape index (κ2) is 8.37. The van der Waals surface area contributed by atoms with Crippen molar-refractivity contribution in [2.45, 2.75) is 48.3 Å². The van der Waals surface area contributed by atoms with Gasteiger partial charge in [0.2, 0.25) is 10.0 Å². The van der Waals surface area contributed by atoms with Crippen LogP contribution in [0.2, 0.25) is 0 Å². The average Bonchev–Trinajstić information content (AvgIpc) is 3.27. The van der Waals surface area contributed by atoms with E-state index in [2.05, 4.69) is 48.3 Å². The Kier molecular flexibility index (Phi) is 5.73. The first-order valence-corrected chi connectivity index (χ1v) is 13.5. The van der Waals surface area contributed by atoms with Crippen molar-refractivity contribution >= 4 is 61.4 Å². The molecular weight excluding hydrogens is 551 g/mol. The quantitative estimate of drug-likeness (QED) is 0.395. The van der Waals surface area contributed by atoms with E-state index in [1.54, 1.807) is 0 Å². The lowest BCUT2D eigenvalue weighted by atomic mass is 10.2. The van der Waals surface area contributed by atoms with Crippen LogP contribution >= 0.6 is 34.4 Å². The third-order valence-electron chi connectivity index (χ3n) is 5.19. The van der Waals surface area contributed by atoms with Gasteiger partial charge in [0.05, 0.1) is 12.4 Å². The van der Waals surface area contributed by atoms with E-state index >= 15 is 0 Å². The van der Waals surface area contributed by atoms with Gasteiger partial charge in [-0.1, -0.05) is 11.8 Å². The van der Waals surface area contributed by atoms with Crippen molar-refractivity contribution in [1.29, 1.82) is 0 Å². The first-order chi connectivity index (χ1) is 14.9. The average molecular weight is 572 g/mol. The molecule has 3 aromatic rings. The highest BCUT2D eigenvalue weighted by Gasteiger charge is 2.27. The summed E-state index contributed by atoms with van der Waals surface area (Å²) in [4.78, 5) is 14.1. The summed E-state index contributed by atoms with van der Waals surface area (Å²) in [6, 6.07) is 4.29. The number of sulfonamides is 1. The molecule has 0 unspecified atom stereocenters. The number of rotatable bonds is 8. The zero-order chi connectivity index (χ0) is 21.6. The van der Waals surface area contributed by atoms with Gasteiger partial charge in [-0.05, 0) is 59.5 Å². The summed E-state index contributed by atoms with van der Waals surface area (Å²) >= 11 is 3.82. The highest BCUT2D eigenvalue weighted by Crippen LogP contribution is 2.38. The van der Waals surface area contributed by atoms with Gasteiger partial charge in [0, 0.05) is 27.5 Å². The first kappa shape index (κ1) is 21.2. The van der Waals surface area contributed by atoms with Gasteiger partial charge in [-0.3, -0.25) is 0 Å². The fraction of sp³-hybridized carbons (Fsp3) is 0.421. The molecule has 1 aromatic carbocycles. The van der Waals surface area contributed by atoms with Crippen LogP contribution in [0.3, 0.4) is 0 Å². The predicted molar refractivity (Wildman–Crippen MR) is 127 cm³/mol. The Bertz CT molecular complexity index is 1260. The van der Waals surface area contributed by atoms with Crippen LogP contribution in [0.1, 0.15) is 24.8 Å². The molecule has 0 bridgehead atoms. The lowest BCUT2D eigenvalue weighted by molar-refractivity contribution is 0.356. The molecule has 12 heteroatoms. The van der Waals surface area contributed by atoms with E-state index in [1.807, 2.05) is 10.6 Å². The second-order valence-corrected chi connectivity index (χ2v) is 11.7. The number of nitrogens with two attached hydrogens (primary N) is 1. The number of halogens is 1. The number of imidazole rings is 1. The molecule has 2 aromatic heterocycles. The monoisotopic (exact) mass is 572 g/mol. The number of nitrogens with zero attached hydrogens (tertiary/aromatic N) is 4. The van der Waals surface area contributed by atoms with Gasteiger partial charge in [0.15, 0.2) is 22.1 Å². The molecule has 1 aliphatic heterocycles. The van der Waals surface area contributed by atoms with Crippen LogP contribution in [-0.4, -0.2) is 46.3 Å². The SMILES string of the molecule is Nc1ncnc2c1nc(Sc1cc3c(cc1I)CCO3)n2CCCS(=O)(=O)NC1CC1. The normalized spacial score (nSPS) is 15.9. The Morgan fingerprint density at radius 2 is 2.16 bits per heavy atom. The number of hydrogen-bond donors (Lipinski definition) is 2. The van der Waals surface area contributed by atoms with E-state index in [0.29, 0.717) is 41.7 Å². The molecule has 164 valence electrons.